The van der Waals surface area contributed by atoms with Crippen LogP contribution < -0.4 is 0 Å². The SMILES string of the molecule is CN=O.O=Cc1ccc(-c2[nH]nc3ncccc23)[nH]1. The summed E-state index contributed by atoms with van der Waals surface area (Å²) in [6.45, 7) is 0. The summed E-state index contributed by atoms with van der Waals surface area (Å²) in [6, 6.07) is 7.35. The number of nitroso groups, excluding NO2 is 1. The van der Waals surface area contributed by atoms with Gasteiger partial charge < -0.3 is 4.98 Å². The van der Waals surface area contributed by atoms with Gasteiger partial charge in [-0.2, -0.15) is 10.0 Å². The number of rotatable bonds is 2. The van der Waals surface area contributed by atoms with Gasteiger partial charge in [0.05, 0.1) is 24.1 Å². The smallest absolute Gasteiger partial charge is 0.181 e. The molecule has 0 unspecified atom stereocenters. The molecule has 96 valence electrons. The highest BCUT2D eigenvalue weighted by Crippen LogP contribution is 2.23. The molecule has 0 saturated carbocycles. The standard InChI is InChI=1S/C11H8N4O.CH3NO/c16-6-7-3-4-9(13-7)10-8-2-1-5-12-11(8)15-14-10;1-2-3/h1-6,13H,(H,12,14,15);1H3. The number of fused-ring (bicyclic) bond motifs is 1. The molecule has 0 radical (unpaired) electrons. The fourth-order valence-electron chi connectivity index (χ4n) is 1.68. The average molecular weight is 257 g/mol. The Morgan fingerprint density at radius 3 is 2.79 bits per heavy atom. The number of carbonyl (C=O) groups is 1. The number of hydrogen-bond donors (Lipinski definition) is 2. The molecule has 3 aromatic rings. The van der Waals surface area contributed by atoms with E-state index in [9.17, 15) is 4.79 Å². The molecule has 3 heterocycles. The van der Waals surface area contributed by atoms with Crippen molar-refractivity contribution < 1.29 is 4.79 Å². The minimum absolute atomic E-state index is 0.543. The molecule has 0 aliphatic carbocycles. The van der Waals surface area contributed by atoms with Crippen LogP contribution in [0.1, 0.15) is 10.5 Å². The number of H-pyrrole nitrogens is 2. The van der Waals surface area contributed by atoms with Gasteiger partial charge in [-0.1, -0.05) is 5.18 Å². The first-order valence-electron chi connectivity index (χ1n) is 5.45. The molecule has 0 amide bonds. The van der Waals surface area contributed by atoms with E-state index in [1.54, 1.807) is 12.3 Å². The van der Waals surface area contributed by atoms with E-state index in [0.29, 0.717) is 11.3 Å². The summed E-state index contributed by atoms with van der Waals surface area (Å²) in [6.07, 6.45) is 2.47. The highest BCUT2D eigenvalue weighted by Gasteiger charge is 2.09. The van der Waals surface area contributed by atoms with Crippen molar-refractivity contribution >= 4 is 17.3 Å². The molecule has 0 saturated heterocycles. The van der Waals surface area contributed by atoms with E-state index in [4.69, 9.17) is 4.91 Å². The van der Waals surface area contributed by atoms with Crippen LogP contribution in [0, 0.1) is 4.91 Å². The molecule has 0 bridgehead atoms. The Morgan fingerprint density at radius 1 is 1.32 bits per heavy atom. The number of aromatic amines is 2. The lowest BCUT2D eigenvalue weighted by Gasteiger charge is -1.93. The van der Waals surface area contributed by atoms with Crippen LogP contribution in [0.15, 0.2) is 35.6 Å². The second kappa shape index (κ2) is 5.67. The fourth-order valence-corrected chi connectivity index (χ4v) is 1.68. The van der Waals surface area contributed by atoms with Crippen molar-refractivity contribution in [1.82, 2.24) is 20.2 Å². The summed E-state index contributed by atoms with van der Waals surface area (Å²) in [5, 5.41) is 10.2. The lowest BCUT2D eigenvalue weighted by Crippen LogP contribution is -1.81. The van der Waals surface area contributed by atoms with Crippen LogP contribution in [0.3, 0.4) is 0 Å². The topological polar surface area (TPSA) is 104 Å². The largest absolute Gasteiger partial charge is 0.351 e. The number of nitrogens with one attached hydrogen (secondary N) is 2. The van der Waals surface area contributed by atoms with Gasteiger partial charge in [0, 0.05) is 11.6 Å². The summed E-state index contributed by atoms with van der Waals surface area (Å²) >= 11 is 0. The van der Waals surface area contributed by atoms with Gasteiger partial charge in [-0.15, -0.1) is 0 Å². The highest BCUT2D eigenvalue weighted by atomic mass is 16.2. The quantitative estimate of drug-likeness (QED) is 0.542. The minimum atomic E-state index is 0.543. The predicted octanol–water partition coefficient (Wildman–Crippen LogP) is 2.15. The number of aldehydes is 1. The number of nitrogens with zero attached hydrogens (tertiary/aromatic N) is 3. The van der Waals surface area contributed by atoms with Crippen molar-refractivity contribution in [1.29, 1.82) is 0 Å². The van der Waals surface area contributed by atoms with Crippen molar-refractivity contribution in [3.05, 3.63) is 41.1 Å². The molecular formula is C12H11N5O2. The van der Waals surface area contributed by atoms with Crippen molar-refractivity contribution in [2.75, 3.05) is 7.05 Å². The summed E-state index contributed by atoms with van der Waals surface area (Å²) in [4.78, 5) is 26.3. The van der Waals surface area contributed by atoms with Crippen LogP contribution in [0.5, 0.6) is 0 Å². The Morgan fingerprint density at radius 2 is 2.11 bits per heavy atom. The number of pyridine rings is 1. The van der Waals surface area contributed by atoms with Crippen molar-refractivity contribution in [3.63, 3.8) is 0 Å². The van der Waals surface area contributed by atoms with Crippen molar-refractivity contribution in [2.45, 2.75) is 0 Å². The molecule has 19 heavy (non-hydrogen) atoms. The maximum atomic E-state index is 10.6. The summed E-state index contributed by atoms with van der Waals surface area (Å²) in [7, 11) is 1.19. The van der Waals surface area contributed by atoms with E-state index >= 15 is 0 Å². The summed E-state index contributed by atoms with van der Waals surface area (Å²) in [5.41, 5.74) is 2.88. The summed E-state index contributed by atoms with van der Waals surface area (Å²) in [5.74, 6) is 0. The first kappa shape index (κ1) is 12.6. The Kier molecular flexibility index (Phi) is 3.77. The molecular weight excluding hydrogens is 246 g/mol. The molecule has 2 N–H and O–H groups in total. The molecule has 3 rings (SSSR count). The molecule has 0 aromatic carbocycles. The van der Waals surface area contributed by atoms with Crippen LogP contribution in [0.25, 0.3) is 22.4 Å². The second-order valence-corrected chi connectivity index (χ2v) is 3.60. The molecule has 3 aromatic heterocycles. The first-order valence-corrected chi connectivity index (χ1v) is 5.45. The lowest BCUT2D eigenvalue weighted by molar-refractivity contribution is 0.111. The second-order valence-electron chi connectivity index (χ2n) is 3.60. The number of carbonyl (C=O) groups excluding carboxylic acids is 1. The van der Waals surface area contributed by atoms with Gasteiger partial charge in [0.1, 0.15) is 0 Å². The molecule has 0 atom stereocenters. The zero-order valence-corrected chi connectivity index (χ0v) is 10.1. The minimum Gasteiger partial charge on any atom is -0.351 e. The number of aromatic nitrogens is 4. The van der Waals surface area contributed by atoms with Crippen molar-refractivity contribution in [3.8, 4) is 11.4 Å². The fraction of sp³-hybridized carbons (Fsp3) is 0.0833. The van der Waals surface area contributed by atoms with Crippen LogP contribution >= 0.6 is 0 Å². The normalized spacial score (nSPS) is 9.74. The van der Waals surface area contributed by atoms with Crippen LogP contribution in [-0.4, -0.2) is 33.5 Å². The van der Waals surface area contributed by atoms with E-state index in [1.165, 1.54) is 7.05 Å². The van der Waals surface area contributed by atoms with E-state index < -0.39 is 0 Å². The van der Waals surface area contributed by atoms with E-state index in [-0.39, 0.29) is 0 Å². The van der Waals surface area contributed by atoms with Gasteiger partial charge in [-0.05, 0) is 24.3 Å². The Balaban J connectivity index is 0.000000408. The number of hydrogen-bond acceptors (Lipinski definition) is 5. The zero-order chi connectivity index (χ0) is 13.7. The zero-order valence-electron chi connectivity index (χ0n) is 10.1. The van der Waals surface area contributed by atoms with E-state index in [2.05, 4.69) is 25.3 Å². The third-order valence-electron chi connectivity index (χ3n) is 2.43. The van der Waals surface area contributed by atoms with Gasteiger partial charge in [-0.3, -0.25) is 9.89 Å². The van der Waals surface area contributed by atoms with Gasteiger partial charge in [0.25, 0.3) is 0 Å². The van der Waals surface area contributed by atoms with E-state index in [1.807, 2.05) is 18.2 Å². The molecule has 0 fully saturated rings. The molecule has 0 spiro atoms. The Hall–Kier alpha value is -2.83. The lowest BCUT2D eigenvalue weighted by atomic mass is 10.2. The van der Waals surface area contributed by atoms with Gasteiger partial charge in [0.2, 0.25) is 0 Å². The van der Waals surface area contributed by atoms with Crippen LogP contribution in [-0.2, 0) is 0 Å². The predicted molar refractivity (Wildman–Crippen MR) is 70.8 cm³/mol. The van der Waals surface area contributed by atoms with Crippen LogP contribution in [0.2, 0.25) is 0 Å². The maximum absolute atomic E-state index is 10.6. The third-order valence-corrected chi connectivity index (χ3v) is 2.43. The Bertz CT molecular complexity index is 701. The highest BCUT2D eigenvalue weighted by molar-refractivity contribution is 5.90. The molecule has 7 heteroatoms. The molecule has 0 aliphatic rings. The Labute approximate surface area is 108 Å². The summed E-state index contributed by atoms with van der Waals surface area (Å²) < 4.78 is 0. The van der Waals surface area contributed by atoms with Crippen LogP contribution in [0.4, 0.5) is 0 Å². The van der Waals surface area contributed by atoms with Crippen molar-refractivity contribution in [2.24, 2.45) is 5.18 Å². The van der Waals surface area contributed by atoms with Gasteiger partial charge >= 0.3 is 0 Å². The average Bonchev–Trinajstić information content (AvgIpc) is 3.05. The maximum Gasteiger partial charge on any atom is 0.181 e. The van der Waals surface area contributed by atoms with Gasteiger partial charge in [-0.25, -0.2) is 4.98 Å². The monoisotopic (exact) mass is 257 g/mol. The van der Waals surface area contributed by atoms with E-state index in [0.717, 1.165) is 23.1 Å². The third kappa shape index (κ3) is 2.54. The first-order chi connectivity index (χ1) is 9.30. The molecule has 7 nitrogen and oxygen atoms in total. The molecule has 0 aliphatic heterocycles. The van der Waals surface area contributed by atoms with Gasteiger partial charge in [0.15, 0.2) is 11.9 Å².